The number of anilines is 1. The summed E-state index contributed by atoms with van der Waals surface area (Å²) in [6, 6.07) is 12.1. The number of carbonyl (C=O) groups is 1. The summed E-state index contributed by atoms with van der Waals surface area (Å²) in [7, 11) is 1.59. The summed E-state index contributed by atoms with van der Waals surface area (Å²) in [6.45, 7) is 2.20. The van der Waals surface area contributed by atoms with Crippen LogP contribution in [-0.4, -0.2) is 18.2 Å². The molecule has 21 heavy (non-hydrogen) atoms. The average molecular weight is 286 g/mol. The topological polar surface area (TPSA) is 70.6 Å². The highest BCUT2D eigenvalue weighted by Gasteiger charge is 2.07. The SMILES string of the molecule is COc1ccccc1CNC(=O)Nc1ccc(C)cc1O. The van der Waals surface area contributed by atoms with Crippen molar-refractivity contribution in [3.05, 3.63) is 53.6 Å². The zero-order valence-electron chi connectivity index (χ0n) is 12.0. The van der Waals surface area contributed by atoms with E-state index in [1.54, 1.807) is 19.2 Å². The van der Waals surface area contributed by atoms with E-state index in [1.165, 1.54) is 0 Å². The minimum Gasteiger partial charge on any atom is -0.506 e. The van der Waals surface area contributed by atoms with E-state index in [2.05, 4.69) is 10.6 Å². The standard InChI is InChI=1S/C16H18N2O3/c1-11-7-8-13(14(19)9-11)18-16(20)17-10-12-5-3-4-6-15(12)21-2/h3-9,19H,10H2,1-2H3,(H2,17,18,20). The highest BCUT2D eigenvalue weighted by molar-refractivity contribution is 5.90. The summed E-state index contributed by atoms with van der Waals surface area (Å²) in [5, 5.41) is 15.1. The van der Waals surface area contributed by atoms with Crippen LogP contribution in [0.1, 0.15) is 11.1 Å². The molecular weight excluding hydrogens is 268 g/mol. The Labute approximate surface area is 123 Å². The molecule has 2 amide bonds. The molecule has 0 saturated heterocycles. The van der Waals surface area contributed by atoms with Gasteiger partial charge in [-0.25, -0.2) is 4.79 Å². The van der Waals surface area contributed by atoms with Crippen molar-refractivity contribution in [3.63, 3.8) is 0 Å². The molecule has 0 fully saturated rings. The van der Waals surface area contributed by atoms with Crippen LogP contribution < -0.4 is 15.4 Å². The van der Waals surface area contributed by atoms with Gasteiger partial charge in [0.1, 0.15) is 11.5 Å². The van der Waals surface area contributed by atoms with E-state index in [-0.39, 0.29) is 11.8 Å². The molecule has 0 bridgehead atoms. The molecule has 5 nitrogen and oxygen atoms in total. The first kappa shape index (κ1) is 14.7. The second-order valence-electron chi connectivity index (χ2n) is 4.64. The number of hydrogen-bond donors (Lipinski definition) is 3. The van der Waals surface area contributed by atoms with Gasteiger partial charge in [0.25, 0.3) is 0 Å². The third kappa shape index (κ3) is 3.89. The van der Waals surface area contributed by atoms with Gasteiger partial charge >= 0.3 is 6.03 Å². The second-order valence-corrected chi connectivity index (χ2v) is 4.64. The highest BCUT2D eigenvalue weighted by Crippen LogP contribution is 2.23. The lowest BCUT2D eigenvalue weighted by molar-refractivity contribution is 0.251. The summed E-state index contributed by atoms with van der Waals surface area (Å²) >= 11 is 0. The molecule has 0 atom stereocenters. The van der Waals surface area contributed by atoms with Crippen molar-refractivity contribution in [3.8, 4) is 11.5 Å². The van der Waals surface area contributed by atoms with Crippen molar-refractivity contribution in [1.29, 1.82) is 0 Å². The van der Waals surface area contributed by atoms with Crippen LogP contribution in [0.15, 0.2) is 42.5 Å². The molecule has 3 N–H and O–H groups in total. The van der Waals surface area contributed by atoms with Crippen molar-refractivity contribution in [1.82, 2.24) is 5.32 Å². The van der Waals surface area contributed by atoms with Gasteiger partial charge in [0.05, 0.1) is 12.8 Å². The number of rotatable bonds is 4. The molecule has 0 spiro atoms. The molecule has 0 saturated carbocycles. The Morgan fingerprint density at radius 1 is 1.24 bits per heavy atom. The molecule has 0 unspecified atom stereocenters. The predicted octanol–water partition coefficient (Wildman–Crippen LogP) is 3.03. The lowest BCUT2D eigenvalue weighted by Gasteiger charge is -2.11. The molecule has 0 aromatic heterocycles. The van der Waals surface area contributed by atoms with Crippen LogP contribution in [0.2, 0.25) is 0 Å². The Morgan fingerprint density at radius 3 is 2.71 bits per heavy atom. The van der Waals surface area contributed by atoms with E-state index in [9.17, 15) is 9.90 Å². The molecule has 0 heterocycles. The molecule has 110 valence electrons. The van der Waals surface area contributed by atoms with Gasteiger partial charge < -0.3 is 20.5 Å². The summed E-state index contributed by atoms with van der Waals surface area (Å²) in [6.07, 6.45) is 0. The number of aromatic hydroxyl groups is 1. The number of methoxy groups -OCH3 is 1. The number of urea groups is 1. The zero-order chi connectivity index (χ0) is 15.2. The fourth-order valence-corrected chi connectivity index (χ4v) is 1.94. The molecule has 0 aliphatic heterocycles. The predicted molar refractivity (Wildman–Crippen MR) is 81.7 cm³/mol. The van der Waals surface area contributed by atoms with Gasteiger partial charge in [0.15, 0.2) is 0 Å². The first-order valence-corrected chi connectivity index (χ1v) is 6.56. The minimum atomic E-state index is -0.389. The fourth-order valence-electron chi connectivity index (χ4n) is 1.94. The maximum absolute atomic E-state index is 11.8. The van der Waals surface area contributed by atoms with Gasteiger partial charge in [-0.2, -0.15) is 0 Å². The fraction of sp³-hybridized carbons (Fsp3) is 0.188. The van der Waals surface area contributed by atoms with Gasteiger partial charge in [-0.15, -0.1) is 0 Å². The number of ether oxygens (including phenoxy) is 1. The molecule has 2 aromatic carbocycles. The van der Waals surface area contributed by atoms with Crippen LogP contribution in [0.5, 0.6) is 11.5 Å². The molecule has 0 aliphatic rings. The smallest absolute Gasteiger partial charge is 0.319 e. The largest absolute Gasteiger partial charge is 0.506 e. The van der Waals surface area contributed by atoms with Crippen molar-refractivity contribution in [2.45, 2.75) is 13.5 Å². The summed E-state index contributed by atoms with van der Waals surface area (Å²) < 4.78 is 5.22. The van der Waals surface area contributed by atoms with E-state index in [1.807, 2.05) is 37.3 Å². The van der Waals surface area contributed by atoms with Crippen LogP contribution in [-0.2, 0) is 6.54 Å². The monoisotopic (exact) mass is 286 g/mol. The number of aryl methyl sites for hydroxylation is 1. The molecule has 5 heteroatoms. The Balaban J connectivity index is 1.96. The third-order valence-corrected chi connectivity index (χ3v) is 3.03. The Kier molecular flexibility index (Phi) is 4.66. The summed E-state index contributed by atoms with van der Waals surface area (Å²) in [5.41, 5.74) is 2.17. The van der Waals surface area contributed by atoms with Gasteiger partial charge in [-0.1, -0.05) is 24.3 Å². The van der Waals surface area contributed by atoms with E-state index < -0.39 is 0 Å². The van der Waals surface area contributed by atoms with Crippen molar-refractivity contribution >= 4 is 11.7 Å². The van der Waals surface area contributed by atoms with Gasteiger partial charge in [0, 0.05) is 12.1 Å². The average Bonchev–Trinajstić information content (AvgIpc) is 2.48. The molecule has 0 radical (unpaired) electrons. The maximum atomic E-state index is 11.8. The van der Waals surface area contributed by atoms with E-state index in [0.717, 1.165) is 16.9 Å². The van der Waals surface area contributed by atoms with Gasteiger partial charge in [-0.05, 0) is 30.7 Å². The van der Waals surface area contributed by atoms with Crippen LogP contribution in [0.4, 0.5) is 10.5 Å². The quantitative estimate of drug-likeness (QED) is 0.757. The number of benzene rings is 2. The zero-order valence-corrected chi connectivity index (χ0v) is 12.0. The minimum absolute atomic E-state index is 0.0439. The maximum Gasteiger partial charge on any atom is 0.319 e. The number of amides is 2. The lowest BCUT2D eigenvalue weighted by atomic mass is 10.2. The van der Waals surface area contributed by atoms with E-state index in [4.69, 9.17) is 4.74 Å². The van der Waals surface area contributed by atoms with Gasteiger partial charge in [0.2, 0.25) is 0 Å². The Morgan fingerprint density at radius 2 is 2.00 bits per heavy atom. The lowest BCUT2D eigenvalue weighted by Crippen LogP contribution is -2.28. The number of nitrogens with one attached hydrogen (secondary N) is 2. The van der Waals surface area contributed by atoms with Crippen LogP contribution in [0, 0.1) is 6.92 Å². The van der Waals surface area contributed by atoms with Crippen molar-refractivity contribution in [2.75, 3.05) is 12.4 Å². The molecular formula is C16H18N2O3. The van der Waals surface area contributed by atoms with Crippen molar-refractivity contribution in [2.24, 2.45) is 0 Å². The first-order valence-electron chi connectivity index (χ1n) is 6.56. The molecule has 0 aliphatic carbocycles. The van der Waals surface area contributed by atoms with Gasteiger partial charge in [-0.3, -0.25) is 0 Å². The third-order valence-electron chi connectivity index (χ3n) is 3.03. The number of carbonyl (C=O) groups excluding carboxylic acids is 1. The van der Waals surface area contributed by atoms with E-state index in [0.29, 0.717) is 12.2 Å². The molecule has 2 rings (SSSR count). The highest BCUT2D eigenvalue weighted by atomic mass is 16.5. The van der Waals surface area contributed by atoms with Crippen LogP contribution >= 0.6 is 0 Å². The number of phenols is 1. The summed E-state index contributed by atoms with van der Waals surface area (Å²) in [4.78, 5) is 11.8. The van der Waals surface area contributed by atoms with Crippen molar-refractivity contribution < 1.29 is 14.6 Å². The first-order chi connectivity index (χ1) is 10.1. The normalized spacial score (nSPS) is 10.0. The second kappa shape index (κ2) is 6.65. The Hall–Kier alpha value is -2.69. The number of para-hydroxylation sites is 1. The van der Waals surface area contributed by atoms with Crippen LogP contribution in [0.25, 0.3) is 0 Å². The molecule has 2 aromatic rings. The van der Waals surface area contributed by atoms with Crippen LogP contribution in [0.3, 0.4) is 0 Å². The van der Waals surface area contributed by atoms with E-state index >= 15 is 0 Å². The summed E-state index contributed by atoms with van der Waals surface area (Å²) in [5.74, 6) is 0.762. The Bertz CT molecular complexity index is 641. The number of hydrogen-bond acceptors (Lipinski definition) is 3. The number of phenolic OH excluding ortho intramolecular Hbond substituents is 1.